The number of hydrogen-bond donors (Lipinski definition) is 1. The predicted octanol–water partition coefficient (Wildman–Crippen LogP) is 1.35. The van der Waals surface area contributed by atoms with Crippen LogP contribution in [0.4, 0.5) is 14.6 Å². The molecular formula is C8H6F2N2O5. The Balaban J connectivity index is 3.15. The molecule has 1 rings (SSSR count). The van der Waals surface area contributed by atoms with Gasteiger partial charge in [-0.15, -0.1) is 0 Å². The molecule has 1 N–H and O–H groups in total. The van der Waals surface area contributed by atoms with Crippen LogP contribution in [0, 0.1) is 17.0 Å². The number of aryl methyl sites for hydroxylation is 1. The maximum absolute atomic E-state index is 12.7. The van der Waals surface area contributed by atoms with Crippen LogP contribution in [0.2, 0.25) is 0 Å². The average molecular weight is 248 g/mol. The summed E-state index contributed by atoms with van der Waals surface area (Å²) in [5, 5.41) is 18.6. The van der Waals surface area contributed by atoms with Crippen molar-refractivity contribution in [3.8, 4) is 5.75 Å². The highest BCUT2D eigenvalue weighted by Crippen LogP contribution is 2.29. The lowest BCUT2D eigenvalue weighted by molar-refractivity contribution is -0.391. The number of aromatic nitrogens is 1. The standard InChI is InChI=1S/C8H6F2N2O5/c1-4-2-3-5(6(11-4)12(15)16)17-8(9,10)7(13)14/h2-3H,1H3,(H,13,14). The lowest BCUT2D eigenvalue weighted by atomic mass is 10.3. The van der Waals surface area contributed by atoms with Crippen LogP contribution in [0.25, 0.3) is 0 Å². The molecule has 0 aliphatic rings. The summed E-state index contributed by atoms with van der Waals surface area (Å²) in [7, 11) is 0. The van der Waals surface area contributed by atoms with Crippen LogP contribution in [-0.4, -0.2) is 27.1 Å². The minimum Gasteiger partial charge on any atom is -0.474 e. The number of alkyl halides is 2. The van der Waals surface area contributed by atoms with Crippen molar-refractivity contribution < 1.29 is 28.3 Å². The SMILES string of the molecule is Cc1ccc(OC(F)(F)C(=O)O)c([N+](=O)[O-])n1. The summed E-state index contributed by atoms with van der Waals surface area (Å²) in [4.78, 5) is 22.9. The number of hydrogen-bond acceptors (Lipinski definition) is 5. The molecule has 92 valence electrons. The maximum Gasteiger partial charge on any atom is 0.502 e. The van der Waals surface area contributed by atoms with Gasteiger partial charge < -0.3 is 20.0 Å². The molecule has 0 fully saturated rings. The molecule has 0 amide bonds. The quantitative estimate of drug-likeness (QED) is 0.637. The Hall–Kier alpha value is -2.32. The number of nitrogens with zero attached hydrogens (tertiary/aromatic N) is 2. The minimum atomic E-state index is -4.55. The van der Waals surface area contributed by atoms with Crippen molar-refractivity contribution in [1.82, 2.24) is 4.98 Å². The molecule has 1 heterocycles. The van der Waals surface area contributed by atoms with Gasteiger partial charge in [-0.1, -0.05) is 0 Å². The summed E-state index contributed by atoms with van der Waals surface area (Å²) in [6.07, 6.45) is -4.55. The molecule has 0 spiro atoms. The van der Waals surface area contributed by atoms with E-state index in [9.17, 15) is 23.7 Å². The fraction of sp³-hybridized carbons (Fsp3) is 0.250. The van der Waals surface area contributed by atoms with Crippen molar-refractivity contribution >= 4 is 11.8 Å². The molecule has 0 atom stereocenters. The smallest absolute Gasteiger partial charge is 0.474 e. The molecule has 7 nitrogen and oxygen atoms in total. The Kier molecular flexibility index (Phi) is 3.21. The zero-order valence-electron chi connectivity index (χ0n) is 8.39. The number of halogens is 2. The van der Waals surface area contributed by atoms with Crippen molar-refractivity contribution in [2.75, 3.05) is 0 Å². The third kappa shape index (κ3) is 2.83. The molecule has 0 aliphatic heterocycles. The monoisotopic (exact) mass is 248 g/mol. The molecule has 1 aromatic rings. The third-order valence-electron chi connectivity index (χ3n) is 1.64. The number of carboxylic acid groups (broad SMARTS) is 1. The normalized spacial score (nSPS) is 11.0. The van der Waals surface area contributed by atoms with Crippen molar-refractivity contribution in [2.45, 2.75) is 13.0 Å². The third-order valence-corrected chi connectivity index (χ3v) is 1.64. The van der Waals surface area contributed by atoms with Gasteiger partial charge >= 0.3 is 17.9 Å². The average Bonchev–Trinajstić information content (AvgIpc) is 2.19. The van der Waals surface area contributed by atoms with Gasteiger partial charge in [-0.25, -0.2) is 4.79 Å². The van der Waals surface area contributed by atoms with Crippen molar-refractivity contribution in [1.29, 1.82) is 0 Å². The van der Waals surface area contributed by atoms with Gasteiger partial charge in [0.15, 0.2) is 0 Å². The minimum absolute atomic E-state index is 0.211. The lowest BCUT2D eigenvalue weighted by Crippen LogP contribution is -2.35. The molecule has 0 unspecified atom stereocenters. The number of pyridine rings is 1. The second kappa shape index (κ2) is 4.28. The number of carboxylic acids is 1. The zero-order valence-corrected chi connectivity index (χ0v) is 8.39. The van der Waals surface area contributed by atoms with E-state index < -0.39 is 28.6 Å². The molecular weight excluding hydrogens is 242 g/mol. The molecule has 0 bridgehead atoms. The van der Waals surface area contributed by atoms with E-state index in [0.717, 1.165) is 6.07 Å². The largest absolute Gasteiger partial charge is 0.502 e. The number of carbonyl (C=O) groups is 1. The number of rotatable bonds is 4. The van der Waals surface area contributed by atoms with E-state index in [2.05, 4.69) is 9.72 Å². The highest BCUT2D eigenvalue weighted by atomic mass is 19.3. The fourth-order valence-corrected chi connectivity index (χ4v) is 0.922. The summed E-state index contributed by atoms with van der Waals surface area (Å²) < 4.78 is 29.2. The fourth-order valence-electron chi connectivity index (χ4n) is 0.922. The van der Waals surface area contributed by atoms with E-state index in [1.807, 2.05) is 0 Å². The van der Waals surface area contributed by atoms with Crippen LogP contribution in [-0.2, 0) is 4.79 Å². The van der Waals surface area contributed by atoms with Crippen LogP contribution in [0.5, 0.6) is 5.75 Å². The van der Waals surface area contributed by atoms with Crippen molar-refractivity contribution in [2.24, 2.45) is 0 Å². The lowest BCUT2D eigenvalue weighted by Gasteiger charge is -2.12. The van der Waals surface area contributed by atoms with E-state index in [-0.39, 0.29) is 5.69 Å². The van der Waals surface area contributed by atoms with Crippen LogP contribution in [0.15, 0.2) is 12.1 Å². The van der Waals surface area contributed by atoms with Gasteiger partial charge in [0, 0.05) is 6.92 Å². The zero-order chi connectivity index (χ0) is 13.2. The molecule has 0 radical (unpaired) electrons. The van der Waals surface area contributed by atoms with Gasteiger partial charge in [-0.3, -0.25) is 0 Å². The van der Waals surface area contributed by atoms with E-state index in [0.29, 0.717) is 0 Å². The van der Waals surface area contributed by atoms with Gasteiger partial charge in [0.1, 0.15) is 5.69 Å². The van der Waals surface area contributed by atoms with Gasteiger partial charge in [0.2, 0.25) is 5.75 Å². The first-order valence-electron chi connectivity index (χ1n) is 4.16. The van der Waals surface area contributed by atoms with Crippen LogP contribution in [0.1, 0.15) is 5.69 Å². The van der Waals surface area contributed by atoms with E-state index in [1.165, 1.54) is 13.0 Å². The van der Waals surface area contributed by atoms with Gasteiger partial charge in [0.25, 0.3) is 0 Å². The van der Waals surface area contributed by atoms with Crippen LogP contribution >= 0.6 is 0 Å². The molecule has 0 aliphatic carbocycles. The Bertz CT molecular complexity index is 477. The van der Waals surface area contributed by atoms with Crippen molar-refractivity contribution in [3.63, 3.8) is 0 Å². The van der Waals surface area contributed by atoms with Crippen LogP contribution in [0.3, 0.4) is 0 Å². The van der Waals surface area contributed by atoms with Gasteiger partial charge in [0.05, 0.1) is 0 Å². The molecule has 0 saturated carbocycles. The Morgan fingerprint density at radius 2 is 2.18 bits per heavy atom. The highest BCUT2D eigenvalue weighted by Gasteiger charge is 2.44. The Morgan fingerprint density at radius 3 is 2.65 bits per heavy atom. The number of ether oxygens (including phenoxy) is 1. The van der Waals surface area contributed by atoms with E-state index in [4.69, 9.17) is 5.11 Å². The van der Waals surface area contributed by atoms with Gasteiger partial charge in [-0.2, -0.15) is 8.78 Å². The molecule has 0 saturated heterocycles. The second-order valence-corrected chi connectivity index (χ2v) is 2.96. The Labute approximate surface area is 92.8 Å². The summed E-state index contributed by atoms with van der Waals surface area (Å²) in [6.45, 7) is 1.41. The topological polar surface area (TPSA) is 103 Å². The Morgan fingerprint density at radius 1 is 1.59 bits per heavy atom. The summed E-state index contributed by atoms with van der Waals surface area (Å²) in [5.41, 5.74) is 0.211. The molecule has 0 aromatic carbocycles. The highest BCUT2D eigenvalue weighted by molar-refractivity contribution is 5.74. The summed E-state index contributed by atoms with van der Waals surface area (Å²) in [5.74, 6) is -4.42. The molecule has 1 aromatic heterocycles. The number of aliphatic carboxylic acids is 1. The van der Waals surface area contributed by atoms with Crippen molar-refractivity contribution in [3.05, 3.63) is 27.9 Å². The first-order chi connectivity index (χ1) is 7.74. The number of nitro groups is 1. The first kappa shape index (κ1) is 12.7. The van der Waals surface area contributed by atoms with E-state index >= 15 is 0 Å². The predicted molar refractivity (Wildman–Crippen MR) is 48.8 cm³/mol. The molecule has 9 heteroatoms. The van der Waals surface area contributed by atoms with E-state index in [1.54, 1.807) is 0 Å². The van der Waals surface area contributed by atoms with Gasteiger partial charge in [-0.05, 0) is 22.0 Å². The molecule has 17 heavy (non-hydrogen) atoms. The second-order valence-electron chi connectivity index (χ2n) is 2.96. The summed E-state index contributed by atoms with van der Waals surface area (Å²) in [6, 6.07) is 2.04. The summed E-state index contributed by atoms with van der Waals surface area (Å²) >= 11 is 0. The van der Waals surface area contributed by atoms with Crippen LogP contribution < -0.4 is 4.74 Å². The first-order valence-corrected chi connectivity index (χ1v) is 4.16. The maximum atomic E-state index is 12.7.